The van der Waals surface area contributed by atoms with Crippen molar-refractivity contribution in [2.45, 2.75) is 23.5 Å². The Balaban J connectivity index is 1.89. The van der Waals surface area contributed by atoms with Crippen LogP contribution < -0.4 is 10.0 Å². The molecule has 0 saturated carbocycles. The van der Waals surface area contributed by atoms with Gasteiger partial charge in [0.1, 0.15) is 11.9 Å². The smallest absolute Gasteiger partial charge is 0.325 e. The van der Waals surface area contributed by atoms with Gasteiger partial charge in [-0.05, 0) is 54.4 Å². The van der Waals surface area contributed by atoms with Crippen molar-refractivity contribution in [1.29, 1.82) is 0 Å². The molecule has 0 bridgehead atoms. The number of amides is 1. The topological polar surface area (TPSA) is 75.3 Å². The van der Waals surface area contributed by atoms with E-state index in [1.165, 1.54) is 24.3 Å². The zero-order valence-corrected chi connectivity index (χ0v) is 18.3. The van der Waals surface area contributed by atoms with Crippen LogP contribution in [0.25, 0.3) is 0 Å². The third-order valence-corrected chi connectivity index (χ3v) is 6.30. The van der Waals surface area contributed by atoms with Crippen LogP contribution in [-0.2, 0) is 27.4 Å². The molecule has 33 heavy (non-hydrogen) atoms. The van der Waals surface area contributed by atoms with E-state index in [0.29, 0.717) is 22.7 Å². The van der Waals surface area contributed by atoms with Crippen LogP contribution in [0.15, 0.2) is 77.7 Å². The van der Waals surface area contributed by atoms with Crippen molar-refractivity contribution >= 4 is 33.2 Å². The van der Waals surface area contributed by atoms with Crippen molar-refractivity contribution in [2.24, 2.45) is 0 Å². The molecule has 0 fully saturated rings. The lowest BCUT2D eigenvalue weighted by Gasteiger charge is -2.19. The maximum atomic E-state index is 13.6. The SMILES string of the molecule is O=C(Nc1ccc(F)c(C(F)(F)F)c1)[C@H](Cc1ccccc1)NS(=O)(=O)c1ccc(Cl)cc1. The van der Waals surface area contributed by atoms with Crippen molar-refractivity contribution in [2.75, 3.05) is 5.32 Å². The molecule has 0 aliphatic carbocycles. The molecule has 0 heterocycles. The zero-order valence-electron chi connectivity index (χ0n) is 16.7. The van der Waals surface area contributed by atoms with Crippen LogP contribution in [0.4, 0.5) is 23.2 Å². The number of sulfonamides is 1. The Hall–Kier alpha value is -2.95. The summed E-state index contributed by atoms with van der Waals surface area (Å²) in [5, 5.41) is 2.54. The predicted molar refractivity (Wildman–Crippen MR) is 116 cm³/mol. The number of hydrogen-bond donors (Lipinski definition) is 2. The fraction of sp³-hybridized carbons (Fsp3) is 0.136. The van der Waals surface area contributed by atoms with Gasteiger partial charge in [0.15, 0.2) is 0 Å². The first-order valence-corrected chi connectivity index (χ1v) is 11.3. The number of nitrogens with one attached hydrogen (secondary N) is 2. The molecule has 11 heteroatoms. The van der Waals surface area contributed by atoms with E-state index in [1.54, 1.807) is 30.3 Å². The average Bonchev–Trinajstić information content (AvgIpc) is 2.74. The maximum Gasteiger partial charge on any atom is 0.419 e. The molecular weight excluding hydrogens is 484 g/mol. The molecule has 0 spiro atoms. The first-order valence-electron chi connectivity index (χ1n) is 9.45. The van der Waals surface area contributed by atoms with Gasteiger partial charge in [0.05, 0.1) is 10.5 Å². The Morgan fingerprint density at radius 3 is 2.21 bits per heavy atom. The molecule has 0 saturated heterocycles. The minimum Gasteiger partial charge on any atom is -0.325 e. The summed E-state index contributed by atoms with van der Waals surface area (Å²) < 4.78 is 80.4. The lowest BCUT2D eigenvalue weighted by atomic mass is 10.1. The highest BCUT2D eigenvalue weighted by atomic mass is 35.5. The van der Waals surface area contributed by atoms with Crippen molar-refractivity contribution in [3.8, 4) is 0 Å². The van der Waals surface area contributed by atoms with Gasteiger partial charge < -0.3 is 5.32 Å². The molecule has 174 valence electrons. The summed E-state index contributed by atoms with van der Waals surface area (Å²) in [5.74, 6) is -2.42. The van der Waals surface area contributed by atoms with E-state index in [1.807, 2.05) is 0 Å². The molecule has 1 amide bonds. The summed E-state index contributed by atoms with van der Waals surface area (Å²) in [6.45, 7) is 0. The number of rotatable bonds is 7. The fourth-order valence-corrected chi connectivity index (χ4v) is 4.28. The highest BCUT2D eigenvalue weighted by molar-refractivity contribution is 7.89. The van der Waals surface area contributed by atoms with Gasteiger partial charge >= 0.3 is 6.18 Å². The molecule has 2 N–H and O–H groups in total. The third-order valence-electron chi connectivity index (χ3n) is 4.56. The van der Waals surface area contributed by atoms with Crippen molar-refractivity contribution in [3.63, 3.8) is 0 Å². The Morgan fingerprint density at radius 1 is 0.970 bits per heavy atom. The molecule has 3 aromatic rings. The van der Waals surface area contributed by atoms with E-state index in [2.05, 4.69) is 10.0 Å². The van der Waals surface area contributed by atoms with Crippen molar-refractivity contribution in [1.82, 2.24) is 4.72 Å². The standard InChI is InChI=1S/C22H17ClF4N2O3S/c23-15-6-9-17(10-7-15)33(31,32)29-20(12-14-4-2-1-3-5-14)21(30)28-16-8-11-19(24)18(13-16)22(25,26)27/h1-11,13,20,29H,12H2,(H,28,30)/t20-/m0/s1. The Labute approximate surface area is 192 Å². The summed E-state index contributed by atoms with van der Waals surface area (Å²) in [7, 11) is -4.18. The Bertz CT molecular complexity index is 1230. The summed E-state index contributed by atoms with van der Waals surface area (Å²) in [6, 6.07) is 14.2. The summed E-state index contributed by atoms with van der Waals surface area (Å²) in [4.78, 5) is 12.7. The van der Waals surface area contributed by atoms with Crippen molar-refractivity contribution in [3.05, 3.63) is 94.8 Å². The molecule has 0 radical (unpaired) electrons. The van der Waals surface area contributed by atoms with Gasteiger partial charge in [0.25, 0.3) is 0 Å². The molecule has 0 aliphatic heterocycles. The fourth-order valence-electron chi connectivity index (χ4n) is 2.96. The monoisotopic (exact) mass is 500 g/mol. The van der Waals surface area contributed by atoms with E-state index in [9.17, 15) is 30.8 Å². The summed E-state index contributed by atoms with van der Waals surface area (Å²) >= 11 is 5.79. The van der Waals surface area contributed by atoms with Crippen LogP contribution in [0.1, 0.15) is 11.1 Å². The number of carbonyl (C=O) groups is 1. The minimum atomic E-state index is -4.97. The second-order valence-corrected chi connectivity index (χ2v) is 9.15. The minimum absolute atomic E-state index is 0.0905. The van der Waals surface area contributed by atoms with E-state index in [4.69, 9.17) is 11.6 Å². The van der Waals surface area contributed by atoms with Crippen LogP contribution in [0.3, 0.4) is 0 Å². The number of halogens is 5. The molecule has 0 aliphatic rings. The van der Waals surface area contributed by atoms with Crippen LogP contribution in [-0.4, -0.2) is 20.4 Å². The number of alkyl halides is 3. The highest BCUT2D eigenvalue weighted by Gasteiger charge is 2.34. The quantitative estimate of drug-likeness (QED) is 0.447. The normalized spacial score (nSPS) is 12.9. The van der Waals surface area contributed by atoms with Crippen LogP contribution >= 0.6 is 11.6 Å². The van der Waals surface area contributed by atoms with E-state index < -0.39 is 39.5 Å². The second kappa shape index (κ2) is 9.90. The predicted octanol–water partition coefficient (Wildman–Crippen LogP) is 5.03. The van der Waals surface area contributed by atoms with Gasteiger partial charge in [-0.25, -0.2) is 12.8 Å². The Morgan fingerprint density at radius 2 is 1.61 bits per heavy atom. The van der Waals surface area contributed by atoms with Gasteiger partial charge in [-0.1, -0.05) is 41.9 Å². The van der Waals surface area contributed by atoms with Gasteiger partial charge in [0, 0.05) is 10.7 Å². The second-order valence-electron chi connectivity index (χ2n) is 7.00. The largest absolute Gasteiger partial charge is 0.419 e. The molecular formula is C22H17ClF4N2O3S. The number of hydrogen-bond acceptors (Lipinski definition) is 3. The number of carbonyl (C=O) groups excluding carboxylic acids is 1. The molecule has 1 atom stereocenters. The van der Waals surface area contributed by atoms with Crippen LogP contribution in [0, 0.1) is 5.82 Å². The number of benzene rings is 3. The maximum absolute atomic E-state index is 13.6. The summed E-state index contributed by atoms with van der Waals surface area (Å²) in [6.07, 6.45) is -5.06. The molecule has 0 unspecified atom stereocenters. The lowest BCUT2D eigenvalue weighted by molar-refractivity contribution is -0.140. The van der Waals surface area contributed by atoms with E-state index >= 15 is 0 Å². The van der Waals surface area contributed by atoms with Gasteiger partial charge in [0.2, 0.25) is 15.9 Å². The Kier molecular flexibility index (Phi) is 7.41. The molecule has 3 aromatic carbocycles. The van der Waals surface area contributed by atoms with Crippen LogP contribution in [0.5, 0.6) is 0 Å². The zero-order chi connectivity index (χ0) is 24.2. The number of anilines is 1. The average molecular weight is 501 g/mol. The highest BCUT2D eigenvalue weighted by Crippen LogP contribution is 2.33. The molecule has 0 aromatic heterocycles. The van der Waals surface area contributed by atoms with Gasteiger partial charge in [-0.15, -0.1) is 0 Å². The molecule has 3 rings (SSSR count). The van der Waals surface area contributed by atoms with E-state index in [-0.39, 0.29) is 17.0 Å². The third kappa shape index (κ3) is 6.53. The first-order chi connectivity index (χ1) is 15.5. The van der Waals surface area contributed by atoms with Crippen LogP contribution in [0.2, 0.25) is 5.02 Å². The van der Waals surface area contributed by atoms with Gasteiger partial charge in [-0.3, -0.25) is 4.79 Å². The first kappa shape index (κ1) is 24.7. The van der Waals surface area contributed by atoms with Gasteiger partial charge in [-0.2, -0.15) is 17.9 Å². The summed E-state index contributed by atoms with van der Waals surface area (Å²) in [5.41, 5.74) is -1.29. The lowest BCUT2D eigenvalue weighted by Crippen LogP contribution is -2.45. The molecule has 5 nitrogen and oxygen atoms in total. The van der Waals surface area contributed by atoms with Crippen molar-refractivity contribution < 1.29 is 30.8 Å². The van der Waals surface area contributed by atoms with E-state index in [0.717, 1.165) is 6.07 Å².